The minimum atomic E-state index is -1.19. The van der Waals surface area contributed by atoms with Gasteiger partial charge in [-0.2, -0.15) is 0 Å². The van der Waals surface area contributed by atoms with E-state index >= 15 is 0 Å². The van der Waals surface area contributed by atoms with Crippen molar-refractivity contribution in [2.45, 2.75) is 17.1 Å². The van der Waals surface area contributed by atoms with Crippen LogP contribution in [0.1, 0.15) is 48.8 Å². The van der Waals surface area contributed by atoms with Gasteiger partial charge in [0.05, 0.1) is 23.3 Å². The Morgan fingerprint density at radius 2 is 1.45 bits per heavy atom. The zero-order chi connectivity index (χ0) is 28.5. The van der Waals surface area contributed by atoms with E-state index in [-0.39, 0.29) is 23.6 Å². The Balaban J connectivity index is 1.52. The normalized spacial score (nSPS) is 11.2. The Morgan fingerprint density at radius 3 is 2.12 bits per heavy atom. The Hall–Kier alpha value is -4.89. The summed E-state index contributed by atoms with van der Waals surface area (Å²) >= 11 is 1.30. The summed E-state index contributed by atoms with van der Waals surface area (Å²) in [5, 5.41) is 14.4. The number of aromatic carboxylic acids is 1. The predicted octanol–water partition coefficient (Wildman–Crippen LogP) is 6.29. The summed E-state index contributed by atoms with van der Waals surface area (Å²) in [5.41, 5.74) is 2.09. The first-order valence-electron chi connectivity index (χ1n) is 12.4. The van der Waals surface area contributed by atoms with Crippen LogP contribution < -0.4 is 10.6 Å². The number of esters is 1. The second-order valence-electron chi connectivity index (χ2n) is 8.53. The second kappa shape index (κ2) is 13.3. The third-order valence-electron chi connectivity index (χ3n) is 5.75. The molecule has 9 heteroatoms. The molecule has 1 unspecified atom stereocenters. The zero-order valence-electron chi connectivity index (χ0n) is 21.5. The van der Waals surface area contributed by atoms with Crippen molar-refractivity contribution >= 4 is 46.9 Å². The monoisotopic (exact) mass is 554 g/mol. The lowest BCUT2D eigenvalue weighted by Crippen LogP contribution is -2.19. The molecular weight excluding hydrogens is 528 g/mol. The number of hydrogen-bond donors (Lipinski definition) is 3. The molecule has 2 amide bonds. The standard InChI is InChI=1S/C31H26N2O6S/c1-2-39-31(38)21-15-17-22(18-16-21)32-29(35)27(20-9-4-3-5-10-20)40-24-12-8-11-23(19-24)33-28(34)25-13-6-7-14-26(25)30(36)37/h3-19,27H,2H2,1H3,(H,32,35)(H,33,34)(H,36,37). The molecule has 0 aromatic heterocycles. The van der Waals surface area contributed by atoms with E-state index < -0.39 is 23.1 Å². The van der Waals surface area contributed by atoms with Gasteiger partial charge in [-0.3, -0.25) is 9.59 Å². The van der Waals surface area contributed by atoms with Crippen molar-refractivity contribution in [2.24, 2.45) is 0 Å². The molecule has 8 nitrogen and oxygen atoms in total. The van der Waals surface area contributed by atoms with Crippen LogP contribution in [-0.2, 0) is 9.53 Å². The zero-order valence-corrected chi connectivity index (χ0v) is 22.3. The van der Waals surface area contributed by atoms with Gasteiger partial charge in [-0.1, -0.05) is 48.5 Å². The number of carbonyl (C=O) groups is 4. The number of anilines is 2. The maximum absolute atomic E-state index is 13.4. The molecule has 0 radical (unpaired) electrons. The average molecular weight is 555 g/mol. The highest BCUT2D eigenvalue weighted by molar-refractivity contribution is 8.00. The number of carboxylic acid groups (broad SMARTS) is 1. The molecule has 0 aliphatic heterocycles. The second-order valence-corrected chi connectivity index (χ2v) is 9.71. The number of thioether (sulfide) groups is 1. The van der Waals surface area contributed by atoms with Crippen molar-refractivity contribution in [2.75, 3.05) is 17.2 Å². The number of amides is 2. The number of ether oxygens (including phenoxy) is 1. The summed E-state index contributed by atoms with van der Waals surface area (Å²) in [4.78, 5) is 50.4. The fourth-order valence-electron chi connectivity index (χ4n) is 3.86. The van der Waals surface area contributed by atoms with Crippen molar-refractivity contribution in [1.29, 1.82) is 0 Å². The molecule has 1 atom stereocenters. The number of rotatable bonds is 10. The minimum Gasteiger partial charge on any atom is -0.478 e. The third-order valence-corrected chi connectivity index (χ3v) is 7.00. The molecule has 0 heterocycles. The van der Waals surface area contributed by atoms with E-state index in [2.05, 4.69) is 10.6 Å². The lowest BCUT2D eigenvalue weighted by molar-refractivity contribution is -0.115. The van der Waals surface area contributed by atoms with Crippen LogP contribution in [0.4, 0.5) is 11.4 Å². The van der Waals surface area contributed by atoms with Gasteiger partial charge in [0.2, 0.25) is 5.91 Å². The maximum Gasteiger partial charge on any atom is 0.338 e. The van der Waals surface area contributed by atoms with Gasteiger partial charge in [0.1, 0.15) is 5.25 Å². The maximum atomic E-state index is 13.4. The van der Waals surface area contributed by atoms with Crippen molar-refractivity contribution in [3.05, 3.63) is 125 Å². The van der Waals surface area contributed by atoms with E-state index in [0.717, 1.165) is 5.56 Å². The number of benzene rings is 4. The summed E-state index contributed by atoms with van der Waals surface area (Å²) in [6.45, 7) is 2.00. The highest BCUT2D eigenvalue weighted by Crippen LogP contribution is 2.37. The molecule has 4 aromatic rings. The van der Waals surface area contributed by atoms with Crippen LogP contribution in [0.5, 0.6) is 0 Å². The lowest BCUT2D eigenvalue weighted by Gasteiger charge is -2.18. The van der Waals surface area contributed by atoms with Crippen LogP contribution in [0.2, 0.25) is 0 Å². The van der Waals surface area contributed by atoms with E-state index in [0.29, 0.717) is 21.8 Å². The molecule has 0 saturated carbocycles. The molecule has 4 rings (SSSR count). The molecule has 3 N–H and O–H groups in total. The predicted molar refractivity (Wildman–Crippen MR) is 154 cm³/mol. The number of carbonyl (C=O) groups excluding carboxylic acids is 3. The third kappa shape index (κ3) is 7.15. The van der Waals surface area contributed by atoms with E-state index in [1.54, 1.807) is 61.5 Å². The Kier molecular flexibility index (Phi) is 9.32. The SMILES string of the molecule is CCOC(=O)c1ccc(NC(=O)C(Sc2cccc(NC(=O)c3ccccc3C(=O)O)c2)c2ccccc2)cc1. The molecule has 4 aromatic carbocycles. The molecule has 0 aliphatic carbocycles. The fraction of sp³-hybridized carbons (Fsp3) is 0.0968. The Morgan fingerprint density at radius 1 is 0.775 bits per heavy atom. The molecular formula is C31H26N2O6S. The topological polar surface area (TPSA) is 122 Å². The first-order valence-corrected chi connectivity index (χ1v) is 13.3. The molecule has 0 spiro atoms. The van der Waals surface area contributed by atoms with Gasteiger partial charge in [-0.05, 0) is 67.1 Å². The van der Waals surface area contributed by atoms with Gasteiger partial charge in [0, 0.05) is 16.3 Å². The summed E-state index contributed by atoms with van der Waals surface area (Å²) in [5.74, 6) is -2.45. The summed E-state index contributed by atoms with van der Waals surface area (Å²) < 4.78 is 5.00. The molecule has 0 saturated heterocycles. The van der Waals surface area contributed by atoms with Crippen molar-refractivity contribution in [3.63, 3.8) is 0 Å². The van der Waals surface area contributed by atoms with Gasteiger partial charge in [-0.15, -0.1) is 11.8 Å². The molecule has 202 valence electrons. The van der Waals surface area contributed by atoms with E-state index in [1.807, 2.05) is 36.4 Å². The van der Waals surface area contributed by atoms with Crippen LogP contribution in [0.25, 0.3) is 0 Å². The quantitative estimate of drug-likeness (QED) is 0.156. The van der Waals surface area contributed by atoms with Crippen LogP contribution in [0.15, 0.2) is 108 Å². The van der Waals surface area contributed by atoms with Crippen LogP contribution in [-0.4, -0.2) is 35.5 Å². The van der Waals surface area contributed by atoms with Gasteiger partial charge in [0.25, 0.3) is 5.91 Å². The molecule has 0 bridgehead atoms. The first-order chi connectivity index (χ1) is 19.4. The van der Waals surface area contributed by atoms with Crippen LogP contribution in [0.3, 0.4) is 0 Å². The van der Waals surface area contributed by atoms with Gasteiger partial charge >= 0.3 is 11.9 Å². The largest absolute Gasteiger partial charge is 0.478 e. The molecule has 40 heavy (non-hydrogen) atoms. The number of nitrogens with one attached hydrogen (secondary N) is 2. The fourth-order valence-corrected chi connectivity index (χ4v) is 4.95. The number of carboxylic acids is 1. The van der Waals surface area contributed by atoms with Crippen LogP contribution >= 0.6 is 11.8 Å². The summed E-state index contributed by atoms with van der Waals surface area (Å²) in [6.07, 6.45) is 0. The van der Waals surface area contributed by atoms with Gasteiger partial charge in [0.15, 0.2) is 0 Å². The Labute approximate surface area is 235 Å². The van der Waals surface area contributed by atoms with Gasteiger partial charge in [-0.25, -0.2) is 9.59 Å². The van der Waals surface area contributed by atoms with Crippen molar-refractivity contribution in [1.82, 2.24) is 0 Å². The first kappa shape index (κ1) is 28.1. The van der Waals surface area contributed by atoms with E-state index in [9.17, 15) is 24.3 Å². The van der Waals surface area contributed by atoms with E-state index in [1.165, 1.54) is 23.9 Å². The lowest BCUT2D eigenvalue weighted by atomic mass is 10.1. The molecule has 0 aliphatic rings. The average Bonchev–Trinajstić information content (AvgIpc) is 2.97. The highest BCUT2D eigenvalue weighted by Gasteiger charge is 2.23. The Bertz CT molecular complexity index is 1520. The van der Waals surface area contributed by atoms with Crippen molar-refractivity contribution < 1.29 is 29.0 Å². The number of hydrogen-bond acceptors (Lipinski definition) is 6. The van der Waals surface area contributed by atoms with Gasteiger partial charge < -0.3 is 20.5 Å². The highest BCUT2D eigenvalue weighted by atomic mass is 32.2. The summed E-state index contributed by atoms with van der Waals surface area (Å²) in [7, 11) is 0. The smallest absolute Gasteiger partial charge is 0.338 e. The van der Waals surface area contributed by atoms with Crippen LogP contribution in [0, 0.1) is 0 Å². The minimum absolute atomic E-state index is 0.0450. The van der Waals surface area contributed by atoms with E-state index in [4.69, 9.17) is 4.74 Å². The molecule has 0 fully saturated rings. The van der Waals surface area contributed by atoms with Crippen molar-refractivity contribution in [3.8, 4) is 0 Å². The summed E-state index contributed by atoms with van der Waals surface area (Å²) in [6, 6.07) is 28.7.